The van der Waals surface area contributed by atoms with Crippen LogP contribution in [0.25, 0.3) is 11.1 Å². The number of hydrogen-bond donors (Lipinski definition) is 2. The van der Waals surface area contributed by atoms with Gasteiger partial charge in [0.25, 0.3) is 0 Å². The molecule has 5 nitrogen and oxygen atoms in total. The Hall–Kier alpha value is -1.76. The lowest BCUT2D eigenvalue weighted by Gasteiger charge is -2.21. The number of aliphatic hydroxyl groups excluding tert-OH is 1. The van der Waals surface area contributed by atoms with Crippen LogP contribution in [-0.2, 0) is 10.0 Å². The number of nitrogens with one attached hydrogen (secondary N) is 1. The van der Waals surface area contributed by atoms with E-state index in [1.807, 2.05) is 12.1 Å². The van der Waals surface area contributed by atoms with Crippen LogP contribution >= 0.6 is 0 Å². The van der Waals surface area contributed by atoms with Crippen molar-refractivity contribution in [2.75, 3.05) is 13.2 Å². The van der Waals surface area contributed by atoms with Crippen LogP contribution in [0.3, 0.4) is 0 Å². The molecular weight excluding hydrogens is 300 g/mol. The molecule has 2 rings (SSSR count). The molecule has 0 atom stereocenters. The maximum atomic E-state index is 12.2. The monoisotopic (exact) mass is 320 g/mol. The number of nitrogens with zero attached hydrogens (tertiary/aromatic N) is 1. The molecule has 1 heterocycles. The Morgan fingerprint density at radius 2 is 1.82 bits per heavy atom. The summed E-state index contributed by atoms with van der Waals surface area (Å²) in [5.41, 5.74) is 1.34. The van der Waals surface area contributed by atoms with Gasteiger partial charge in [-0.1, -0.05) is 32.0 Å². The van der Waals surface area contributed by atoms with E-state index in [-0.39, 0.29) is 18.0 Å². The zero-order chi connectivity index (χ0) is 16.2. The molecule has 0 fully saturated rings. The third kappa shape index (κ3) is 4.13. The molecule has 2 aromatic rings. The average Bonchev–Trinajstić information content (AvgIpc) is 2.54. The first-order valence-corrected chi connectivity index (χ1v) is 8.43. The first-order valence-electron chi connectivity index (χ1n) is 6.95. The molecule has 1 aromatic carbocycles. The third-order valence-corrected chi connectivity index (χ3v) is 4.75. The Morgan fingerprint density at radius 1 is 1.14 bits per heavy atom. The maximum Gasteiger partial charge on any atom is 0.240 e. The van der Waals surface area contributed by atoms with Crippen LogP contribution in [0.4, 0.5) is 0 Å². The quantitative estimate of drug-likeness (QED) is 0.854. The SMILES string of the molecule is CC(C)(CO)CNS(=O)(=O)c1ccc(-c2cccnc2)cc1. The maximum absolute atomic E-state index is 12.2. The summed E-state index contributed by atoms with van der Waals surface area (Å²) in [6.45, 7) is 3.67. The van der Waals surface area contributed by atoms with Crippen molar-refractivity contribution in [3.63, 3.8) is 0 Å². The molecule has 118 valence electrons. The minimum absolute atomic E-state index is 0.0878. The average molecular weight is 320 g/mol. The molecule has 0 aliphatic heterocycles. The van der Waals surface area contributed by atoms with Crippen LogP contribution in [0, 0.1) is 5.41 Å². The topological polar surface area (TPSA) is 79.3 Å². The predicted octanol–water partition coefficient (Wildman–Crippen LogP) is 2.05. The molecule has 0 bridgehead atoms. The largest absolute Gasteiger partial charge is 0.396 e. The number of hydrogen-bond acceptors (Lipinski definition) is 4. The van der Waals surface area contributed by atoms with Crippen molar-refractivity contribution in [1.82, 2.24) is 9.71 Å². The van der Waals surface area contributed by atoms with Gasteiger partial charge in [-0.25, -0.2) is 13.1 Å². The van der Waals surface area contributed by atoms with E-state index in [1.165, 1.54) is 0 Å². The lowest BCUT2D eigenvalue weighted by atomic mass is 9.96. The Labute approximate surface area is 131 Å². The molecule has 0 aliphatic carbocycles. The first-order chi connectivity index (χ1) is 10.3. The van der Waals surface area contributed by atoms with Crippen molar-refractivity contribution in [1.29, 1.82) is 0 Å². The normalized spacial score (nSPS) is 12.3. The molecule has 6 heteroatoms. The fourth-order valence-electron chi connectivity index (χ4n) is 1.79. The van der Waals surface area contributed by atoms with Crippen LogP contribution in [0.1, 0.15) is 13.8 Å². The number of sulfonamides is 1. The molecule has 2 N–H and O–H groups in total. The highest BCUT2D eigenvalue weighted by molar-refractivity contribution is 7.89. The summed E-state index contributed by atoms with van der Waals surface area (Å²) in [6, 6.07) is 10.4. The van der Waals surface area contributed by atoms with Crippen LogP contribution in [-0.4, -0.2) is 31.7 Å². The standard InChI is InChI=1S/C16H20N2O3S/c1-16(2,12-19)11-18-22(20,21)15-7-5-13(6-8-15)14-4-3-9-17-10-14/h3-10,18-19H,11-12H2,1-2H3. The van der Waals surface area contributed by atoms with Crippen molar-refractivity contribution in [2.24, 2.45) is 5.41 Å². The van der Waals surface area contributed by atoms with Crippen molar-refractivity contribution in [2.45, 2.75) is 18.7 Å². The predicted molar refractivity (Wildman–Crippen MR) is 85.7 cm³/mol. The van der Waals surface area contributed by atoms with Gasteiger partial charge >= 0.3 is 0 Å². The summed E-state index contributed by atoms with van der Waals surface area (Å²) in [7, 11) is -3.58. The van der Waals surface area contributed by atoms with Crippen molar-refractivity contribution in [3.8, 4) is 11.1 Å². The molecule has 0 saturated carbocycles. The summed E-state index contributed by atoms with van der Waals surface area (Å²) in [5.74, 6) is 0. The fourth-order valence-corrected chi connectivity index (χ4v) is 3.03. The number of rotatable bonds is 6. The minimum Gasteiger partial charge on any atom is -0.396 e. The van der Waals surface area contributed by atoms with Crippen molar-refractivity contribution >= 4 is 10.0 Å². The van der Waals surface area contributed by atoms with Crippen molar-refractivity contribution < 1.29 is 13.5 Å². The zero-order valence-corrected chi connectivity index (χ0v) is 13.5. The summed E-state index contributed by atoms with van der Waals surface area (Å²) < 4.78 is 27.0. The summed E-state index contributed by atoms with van der Waals surface area (Å²) in [5, 5.41) is 9.18. The zero-order valence-electron chi connectivity index (χ0n) is 12.7. The van der Waals surface area contributed by atoms with Gasteiger partial charge < -0.3 is 5.11 Å². The molecule has 0 aliphatic rings. The number of pyridine rings is 1. The van der Waals surface area contributed by atoms with Crippen LogP contribution in [0.5, 0.6) is 0 Å². The third-order valence-electron chi connectivity index (χ3n) is 3.33. The number of benzene rings is 1. The van der Waals surface area contributed by atoms with Gasteiger partial charge in [0.2, 0.25) is 10.0 Å². The molecule has 0 saturated heterocycles. The molecule has 1 aromatic heterocycles. The Bertz CT molecular complexity index is 711. The first kappa shape index (κ1) is 16.6. The molecule has 0 unspecified atom stereocenters. The molecule has 0 radical (unpaired) electrons. The summed E-state index contributed by atoms with van der Waals surface area (Å²) in [6.07, 6.45) is 3.42. The number of aliphatic hydroxyl groups is 1. The Kier molecular flexibility index (Phi) is 4.95. The van der Waals surface area contributed by atoms with Gasteiger partial charge in [0, 0.05) is 31.0 Å². The molecular formula is C16H20N2O3S. The van der Waals surface area contributed by atoms with E-state index in [2.05, 4.69) is 9.71 Å². The van der Waals surface area contributed by atoms with Crippen LogP contribution in [0.2, 0.25) is 0 Å². The van der Waals surface area contributed by atoms with Gasteiger partial charge in [-0.3, -0.25) is 4.98 Å². The smallest absolute Gasteiger partial charge is 0.240 e. The highest BCUT2D eigenvalue weighted by atomic mass is 32.2. The van der Waals surface area contributed by atoms with E-state index in [0.717, 1.165) is 11.1 Å². The van der Waals surface area contributed by atoms with Gasteiger partial charge in [0.1, 0.15) is 0 Å². The Morgan fingerprint density at radius 3 is 2.36 bits per heavy atom. The lowest BCUT2D eigenvalue weighted by Crippen LogP contribution is -2.36. The summed E-state index contributed by atoms with van der Waals surface area (Å²) in [4.78, 5) is 4.25. The molecule has 22 heavy (non-hydrogen) atoms. The van der Waals surface area contributed by atoms with Gasteiger partial charge in [0.05, 0.1) is 4.90 Å². The second-order valence-corrected chi connectivity index (χ2v) is 7.68. The molecule has 0 spiro atoms. The van der Waals surface area contributed by atoms with E-state index in [9.17, 15) is 13.5 Å². The van der Waals surface area contributed by atoms with E-state index in [1.54, 1.807) is 50.5 Å². The van der Waals surface area contributed by atoms with Crippen LogP contribution < -0.4 is 4.72 Å². The number of aromatic nitrogens is 1. The second-order valence-electron chi connectivity index (χ2n) is 5.91. The molecule has 0 amide bonds. The Balaban J connectivity index is 2.16. The van der Waals surface area contributed by atoms with E-state index < -0.39 is 15.4 Å². The van der Waals surface area contributed by atoms with Gasteiger partial charge in [-0.15, -0.1) is 0 Å². The summed E-state index contributed by atoms with van der Waals surface area (Å²) >= 11 is 0. The second kappa shape index (κ2) is 6.56. The fraction of sp³-hybridized carbons (Fsp3) is 0.312. The van der Waals surface area contributed by atoms with Gasteiger partial charge in [-0.2, -0.15) is 0 Å². The minimum atomic E-state index is -3.58. The van der Waals surface area contributed by atoms with E-state index in [0.29, 0.717) is 0 Å². The van der Waals surface area contributed by atoms with E-state index >= 15 is 0 Å². The van der Waals surface area contributed by atoms with Gasteiger partial charge in [0.15, 0.2) is 0 Å². The highest BCUT2D eigenvalue weighted by Crippen LogP contribution is 2.21. The van der Waals surface area contributed by atoms with E-state index in [4.69, 9.17) is 0 Å². The lowest BCUT2D eigenvalue weighted by molar-refractivity contribution is 0.163. The van der Waals surface area contributed by atoms with Gasteiger partial charge in [-0.05, 0) is 29.3 Å². The van der Waals surface area contributed by atoms with Crippen LogP contribution in [0.15, 0.2) is 53.7 Å². The van der Waals surface area contributed by atoms with Crippen molar-refractivity contribution in [3.05, 3.63) is 48.8 Å². The highest BCUT2D eigenvalue weighted by Gasteiger charge is 2.21.